The Balaban J connectivity index is 2.13. The summed E-state index contributed by atoms with van der Waals surface area (Å²) in [6.45, 7) is 2.47. The molecule has 1 amide bonds. The number of aliphatic hydroxyl groups excluding tert-OH is 1. The van der Waals surface area contributed by atoms with Crippen molar-refractivity contribution in [3.05, 3.63) is 17.5 Å². The van der Waals surface area contributed by atoms with Gasteiger partial charge in [-0.2, -0.15) is 0 Å². The highest BCUT2D eigenvalue weighted by Gasteiger charge is 2.30. The zero-order valence-corrected chi connectivity index (χ0v) is 8.64. The zero-order chi connectivity index (χ0) is 10.8. The van der Waals surface area contributed by atoms with Crippen molar-refractivity contribution in [3.63, 3.8) is 0 Å². The predicted molar refractivity (Wildman–Crippen MR) is 52.4 cm³/mol. The largest absolute Gasteiger partial charge is 0.394 e. The van der Waals surface area contributed by atoms with Crippen molar-refractivity contribution in [2.75, 3.05) is 13.2 Å². The summed E-state index contributed by atoms with van der Waals surface area (Å²) in [6.07, 6.45) is 1.79. The second kappa shape index (κ2) is 4.02. The van der Waals surface area contributed by atoms with E-state index in [1.54, 1.807) is 17.9 Å². The van der Waals surface area contributed by atoms with Gasteiger partial charge in [-0.05, 0) is 19.8 Å². The number of amides is 1. The first-order valence-corrected chi connectivity index (χ1v) is 5.07. The molecule has 0 saturated carbocycles. The maximum Gasteiger partial charge on any atom is 0.292 e. The first-order valence-electron chi connectivity index (χ1n) is 5.07. The average molecular weight is 210 g/mol. The molecule has 5 heteroatoms. The number of rotatable bonds is 2. The molecule has 0 spiro atoms. The number of hydrogen-bond acceptors (Lipinski definition) is 4. The molecule has 0 radical (unpaired) electrons. The SMILES string of the molecule is Cc1cc(C(=O)N2CCC[C@@H]2CO)on1. The first-order chi connectivity index (χ1) is 7.22. The van der Waals surface area contributed by atoms with Crippen LogP contribution in [-0.2, 0) is 0 Å². The van der Waals surface area contributed by atoms with Crippen molar-refractivity contribution < 1.29 is 14.4 Å². The number of hydrogen-bond donors (Lipinski definition) is 1. The van der Waals surface area contributed by atoms with Crippen molar-refractivity contribution >= 4 is 5.91 Å². The normalized spacial score (nSPS) is 20.9. The first kappa shape index (κ1) is 10.2. The van der Waals surface area contributed by atoms with Gasteiger partial charge in [-0.15, -0.1) is 0 Å². The molecule has 1 saturated heterocycles. The molecule has 2 heterocycles. The lowest BCUT2D eigenvalue weighted by Crippen LogP contribution is -2.37. The van der Waals surface area contributed by atoms with Crippen LogP contribution < -0.4 is 0 Å². The van der Waals surface area contributed by atoms with Crippen LogP contribution in [-0.4, -0.2) is 40.3 Å². The third-order valence-electron chi connectivity index (χ3n) is 2.69. The molecule has 2 rings (SSSR count). The molecule has 1 fully saturated rings. The van der Waals surface area contributed by atoms with E-state index in [-0.39, 0.29) is 24.3 Å². The highest BCUT2D eigenvalue weighted by Crippen LogP contribution is 2.19. The van der Waals surface area contributed by atoms with Crippen LogP contribution in [0.5, 0.6) is 0 Å². The minimum atomic E-state index is -0.174. The van der Waals surface area contributed by atoms with E-state index in [0.29, 0.717) is 12.2 Å². The number of aryl methyl sites for hydroxylation is 1. The van der Waals surface area contributed by atoms with Crippen LogP contribution in [0.25, 0.3) is 0 Å². The van der Waals surface area contributed by atoms with Crippen LogP contribution in [0.15, 0.2) is 10.6 Å². The van der Waals surface area contributed by atoms with Gasteiger partial charge < -0.3 is 14.5 Å². The van der Waals surface area contributed by atoms with Crippen molar-refractivity contribution in [1.29, 1.82) is 0 Å². The molecule has 1 atom stereocenters. The van der Waals surface area contributed by atoms with Crippen molar-refractivity contribution in [3.8, 4) is 0 Å². The van der Waals surface area contributed by atoms with Gasteiger partial charge in [0.25, 0.3) is 5.91 Å². The molecule has 1 N–H and O–H groups in total. The topological polar surface area (TPSA) is 66.6 Å². The molecule has 1 aliphatic rings. The number of carbonyl (C=O) groups is 1. The van der Waals surface area contributed by atoms with E-state index >= 15 is 0 Å². The van der Waals surface area contributed by atoms with Gasteiger partial charge in [-0.1, -0.05) is 5.16 Å². The van der Waals surface area contributed by atoms with Gasteiger partial charge in [0.15, 0.2) is 0 Å². The molecule has 0 unspecified atom stereocenters. The Morgan fingerprint density at radius 1 is 1.80 bits per heavy atom. The number of carbonyl (C=O) groups excluding carboxylic acids is 1. The Bertz CT molecular complexity index is 361. The van der Waals surface area contributed by atoms with E-state index in [1.165, 1.54) is 0 Å². The van der Waals surface area contributed by atoms with Gasteiger partial charge in [0.2, 0.25) is 5.76 Å². The summed E-state index contributed by atoms with van der Waals surface area (Å²) in [5, 5.41) is 12.8. The molecule has 0 bridgehead atoms. The smallest absolute Gasteiger partial charge is 0.292 e. The lowest BCUT2D eigenvalue weighted by atomic mass is 10.2. The van der Waals surface area contributed by atoms with E-state index in [9.17, 15) is 4.79 Å². The molecular weight excluding hydrogens is 196 g/mol. The summed E-state index contributed by atoms with van der Waals surface area (Å²) in [5.41, 5.74) is 0.693. The Morgan fingerprint density at radius 3 is 3.20 bits per heavy atom. The fourth-order valence-corrected chi connectivity index (χ4v) is 1.90. The van der Waals surface area contributed by atoms with E-state index in [0.717, 1.165) is 12.8 Å². The Labute approximate surface area is 87.7 Å². The van der Waals surface area contributed by atoms with Crippen LogP contribution in [0.2, 0.25) is 0 Å². The molecule has 0 aliphatic carbocycles. The van der Waals surface area contributed by atoms with E-state index in [4.69, 9.17) is 9.63 Å². The molecule has 15 heavy (non-hydrogen) atoms. The maximum absolute atomic E-state index is 11.9. The van der Waals surface area contributed by atoms with Crippen molar-refractivity contribution in [2.45, 2.75) is 25.8 Å². The molecule has 0 aromatic carbocycles. The predicted octanol–water partition coefficient (Wildman–Crippen LogP) is 0.580. The van der Waals surface area contributed by atoms with Crippen LogP contribution in [0.3, 0.4) is 0 Å². The molecule has 82 valence electrons. The fourth-order valence-electron chi connectivity index (χ4n) is 1.90. The standard InChI is InChI=1S/C10H14N2O3/c1-7-5-9(15-11-7)10(14)12-4-2-3-8(12)6-13/h5,8,13H,2-4,6H2,1H3/t8-/m1/s1. The lowest BCUT2D eigenvalue weighted by molar-refractivity contribution is 0.0636. The second-order valence-electron chi connectivity index (χ2n) is 3.81. The number of nitrogens with zero attached hydrogens (tertiary/aromatic N) is 2. The molecule has 1 aromatic rings. The van der Waals surface area contributed by atoms with Crippen LogP contribution in [0.1, 0.15) is 29.1 Å². The third-order valence-corrected chi connectivity index (χ3v) is 2.69. The minimum Gasteiger partial charge on any atom is -0.394 e. The van der Waals surface area contributed by atoms with E-state index < -0.39 is 0 Å². The van der Waals surface area contributed by atoms with Gasteiger partial charge in [-0.25, -0.2) is 0 Å². The van der Waals surface area contributed by atoms with Gasteiger partial charge in [-0.3, -0.25) is 4.79 Å². The summed E-state index contributed by atoms with van der Waals surface area (Å²) >= 11 is 0. The zero-order valence-electron chi connectivity index (χ0n) is 8.64. The molecular formula is C10H14N2O3. The summed E-state index contributed by atoms with van der Waals surface area (Å²) in [6, 6.07) is 1.55. The van der Waals surface area contributed by atoms with Crippen molar-refractivity contribution in [2.24, 2.45) is 0 Å². The van der Waals surface area contributed by atoms with Crippen LogP contribution in [0, 0.1) is 6.92 Å². The second-order valence-corrected chi connectivity index (χ2v) is 3.81. The summed E-state index contributed by atoms with van der Waals surface area (Å²) in [5.74, 6) is 0.0833. The molecule has 1 aromatic heterocycles. The highest BCUT2D eigenvalue weighted by atomic mass is 16.5. The summed E-state index contributed by atoms with van der Waals surface area (Å²) in [7, 11) is 0. The fraction of sp³-hybridized carbons (Fsp3) is 0.600. The molecule has 5 nitrogen and oxygen atoms in total. The monoisotopic (exact) mass is 210 g/mol. The van der Waals surface area contributed by atoms with E-state index in [1.807, 2.05) is 0 Å². The Hall–Kier alpha value is -1.36. The maximum atomic E-state index is 11.9. The van der Waals surface area contributed by atoms with Gasteiger partial charge in [0, 0.05) is 12.6 Å². The number of aromatic nitrogens is 1. The quantitative estimate of drug-likeness (QED) is 0.775. The number of likely N-dealkylation sites (tertiary alicyclic amines) is 1. The molecule has 1 aliphatic heterocycles. The van der Waals surface area contributed by atoms with Crippen molar-refractivity contribution in [1.82, 2.24) is 10.1 Å². The summed E-state index contributed by atoms with van der Waals surface area (Å²) < 4.78 is 4.91. The van der Waals surface area contributed by atoms with Gasteiger partial charge >= 0.3 is 0 Å². The summed E-state index contributed by atoms with van der Waals surface area (Å²) in [4.78, 5) is 13.6. The van der Waals surface area contributed by atoms with Gasteiger partial charge in [0.05, 0.1) is 18.3 Å². The van der Waals surface area contributed by atoms with E-state index in [2.05, 4.69) is 5.16 Å². The Morgan fingerprint density at radius 2 is 2.60 bits per heavy atom. The number of aliphatic hydroxyl groups is 1. The highest BCUT2D eigenvalue weighted by molar-refractivity contribution is 5.91. The lowest BCUT2D eigenvalue weighted by Gasteiger charge is -2.21. The van der Waals surface area contributed by atoms with Crippen LogP contribution >= 0.6 is 0 Å². The minimum absolute atomic E-state index is 0.0128. The van der Waals surface area contributed by atoms with Gasteiger partial charge in [0.1, 0.15) is 0 Å². The Kier molecular flexibility index (Phi) is 2.73. The average Bonchev–Trinajstić information content (AvgIpc) is 2.84. The third kappa shape index (κ3) is 1.87. The van der Waals surface area contributed by atoms with Crippen LogP contribution in [0.4, 0.5) is 0 Å².